The fourth-order valence-corrected chi connectivity index (χ4v) is 6.63. The van der Waals surface area contributed by atoms with Crippen molar-refractivity contribution < 1.29 is 9.90 Å². The molecule has 0 spiro atoms. The van der Waals surface area contributed by atoms with Crippen LogP contribution in [0.4, 0.5) is 5.82 Å². The zero-order valence-electron chi connectivity index (χ0n) is 21.5. The molecule has 9 nitrogen and oxygen atoms in total. The maximum atomic E-state index is 11.2. The van der Waals surface area contributed by atoms with E-state index in [2.05, 4.69) is 32.9 Å². The fourth-order valence-electron chi connectivity index (χ4n) is 6.07. The van der Waals surface area contributed by atoms with Gasteiger partial charge in [-0.25, -0.2) is 14.6 Å². The molecule has 3 aromatic rings. The number of benzene rings is 1. The number of aliphatic carboxylic acids is 1. The van der Waals surface area contributed by atoms with Crippen LogP contribution in [0.1, 0.15) is 56.8 Å². The quantitative estimate of drug-likeness (QED) is 0.451. The van der Waals surface area contributed by atoms with Gasteiger partial charge in [0.25, 0.3) is 0 Å². The van der Waals surface area contributed by atoms with Gasteiger partial charge in [0.05, 0.1) is 12.2 Å². The second-order valence-corrected chi connectivity index (χ2v) is 11.4. The molecule has 2 aliphatic heterocycles. The maximum Gasteiger partial charge on any atom is 0.303 e. The number of nitriles is 1. The number of piperidine rings is 2. The summed E-state index contributed by atoms with van der Waals surface area (Å²) in [6.07, 6.45) is 4.99. The minimum atomic E-state index is -0.708. The zero-order chi connectivity index (χ0) is 27.0. The summed E-state index contributed by atoms with van der Waals surface area (Å²) in [4.78, 5) is 25.5. The molecule has 2 aromatic heterocycles. The molecule has 4 heterocycles. The van der Waals surface area contributed by atoms with E-state index in [4.69, 9.17) is 28.2 Å². The highest BCUT2D eigenvalue weighted by molar-refractivity contribution is 6.35. The van der Waals surface area contributed by atoms with E-state index in [1.54, 1.807) is 23.0 Å². The van der Waals surface area contributed by atoms with Crippen LogP contribution < -0.4 is 4.90 Å². The van der Waals surface area contributed by atoms with Crippen molar-refractivity contribution in [2.24, 2.45) is 11.8 Å². The van der Waals surface area contributed by atoms with Crippen molar-refractivity contribution in [2.75, 3.05) is 31.1 Å². The molecule has 0 bridgehead atoms. The Labute approximate surface area is 232 Å². The van der Waals surface area contributed by atoms with Crippen LogP contribution in [0.3, 0.4) is 0 Å². The number of hydrogen-bond acceptors (Lipinski definition) is 7. The molecule has 38 heavy (non-hydrogen) atoms. The van der Waals surface area contributed by atoms with Crippen molar-refractivity contribution >= 4 is 46.2 Å². The van der Waals surface area contributed by atoms with Crippen LogP contribution in [0.2, 0.25) is 10.0 Å². The average Bonchev–Trinajstić information content (AvgIpc) is 3.26. The Balaban J connectivity index is 1.37. The fraction of sp³-hybridized carbons (Fsp3) is 0.519. The number of halogens is 2. The van der Waals surface area contributed by atoms with Gasteiger partial charge in [-0.1, -0.05) is 36.2 Å². The van der Waals surface area contributed by atoms with Crippen molar-refractivity contribution in [1.29, 1.82) is 5.26 Å². The van der Waals surface area contributed by atoms with Crippen LogP contribution >= 0.6 is 23.2 Å². The smallest absolute Gasteiger partial charge is 0.303 e. The largest absolute Gasteiger partial charge is 0.481 e. The monoisotopic (exact) mass is 555 g/mol. The van der Waals surface area contributed by atoms with E-state index in [0.29, 0.717) is 33.2 Å². The minimum Gasteiger partial charge on any atom is -0.481 e. The lowest BCUT2D eigenvalue weighted by atomic mass is 9.87. The number of carboxylic acid groups (broad SMARTS) is 1. The molecular formula is C27H31Cl2N7O2. The third-order valence-electron chi connectivity index (χ3n) is 7.94. The van der Waals surface area contributed by atoms with Crippen molar-refractivity contribution in [3.8, 4) is 6.07 Å². The van der Waals surface area contributed by atoms with Gasteiger partial charge in [-0.05, 0) is 62.3 Å². The van der Waals surface area contributed by atoms with Gasteiger partial charge < -0.3 is 10.0 Å². The molecule has 0 saturated carbocycles. The second kappa shape index (κ2) is 11.0. The van der Waals surface area contributed by atoms with Crippen LogP contribution in [-0.4, -0.2) is 67.9 Å². The molecule has 1 aromatic carbocycles. The van der Waals surface area contributed by atoms with E-state index < -0.39 is 5.97 Å². The lowest BCUT2D eigenvalue weighted by molar-refractivity contribution is -0.138. The Morgan fingerprint density at radius 3 is 2.79 bits per heavy atom. The van der Waals surface area contributed by atoms with Crippen LogP contribution in [0.25, 0.3) is 11.2 Å². The molecule has 4 unspecified atom stereocenters. The van der Waals surface area contributed by atoms with E-state index in [1.165, 1.54) is 0 Å². The Hall–Kier alpha value is -2.93. The van der Waals surface area contributed by atoms with Crippen LogP contribution in [-0.2, 0) is 4.79 Å². The van der Waals surface area contributed by atoms with Gasteiger partial charge in [0, 0.05) is 42.1 Å². The van der Waals surface area contributed by atoms with Gasteiger partial charge in [0.2, 0.25) is 0 Å². The summed E-state index contributed by atoms with van der Waals surface area (Å²) >= 11 is 12.6. The number of hydrogen-bond donors (Lipinski definition) is 1. The van der Waals surface area contributed by atoms with Gasteiger partial charge in [-0.2, -0.15) is 10.4 Å². The highest BCUT2D eigenvalue weighted by Gasteiger charge is 2.34. The standard InChI is InChI=1S/C27H31Cl2N7O2/c1-16-14-35(9-7-23(16)34-8-3-4-18(15-34)10-25(37)38)24-13-31-26-22(12-30)33-36(27(26)32-24)17(2)20-6-5-19(28)11-21(20)29/h5-6,11,13,16-18,23H,3-4,7-10,14-15H2,1-2H3,(H,37,38). The number of nitrogens with zero attached hydrogens (tertiary/aromatic N) is 7. The molecule has 0 amide bonds. The number of fused-ring (bicyclic) bond motifs is 1. The summed E-state index contributed by atoms with van der Waals surface area (Å²) < 4.78 is 1.71. The predicted octanol–water partition coefficient (Wildman–Crippen LogP) is 5.02. The van der Waals surface area contributed by atoms with Gasteiger partial charge in [-0.15, -0.1) is 0 Å². The van der Waals surface area contributed by atoms with E-state index in [0.717, 1.165) is 56.8 Å². The number of likely N-dealkylation sites (tertiary alicyclic amines) is 1. The van der Waals surface area contributed by atoms with Crippen LogP contribution in [0, 0.1) is 23.2 Å². The van der Waals surface area contributed by atoms with Crippen molar-refractivity contribution in [3.63, 3.8) is 0 Å². The van der Waals surface area contributed by atoms with Crippen molar-refractivity contribution in [1.82, 2.24) is 24.6 Å². The number of carbonyl (C=O) groups is 1. The first kappa shape index (κ1) is 26.7. The molecule has 0 radical (unpaired) electrons. The third kappa shape index (κ3) is 5.31. The summed E-state index contributed by atoms with van der Waals surface area (Å²) in [6, 6.07) is 7.62. The van der Waals surface area contributed by atoms with E-state index in [1.807, 2.05) is 13.0 Å². The number of rotatable bonds is 6. The summed E-state index contributed by atoms with van der Waals surface area (Å²) in [7, 11) is 0. The minimum absolute atomic E-state index is 0.226. The van der Waals surface area contributed by atoms with Gasteiger partial charge in [0.15, 0.2) is 11.3 Å². The van der Waals surface area contributed by atoms with Crippen LogP contribution in [0.5, 0.6) is 0 Å². The number of anilines is 1. The third-order valence-corrected chi connectivity index (χ3v) is 8.50. The van der Waals surface area contributed by atoms with Crippen molar-refractivity contribution in [3.05, 3.63) is 45.7 Å². The molecule has 5 rings (SSSR count). The molecule has 4 atom stereocenters. The Morgan fingerprint density at radius 2 is 2.08 bits per heavy atom. The highest BCUT2D eigenvalue weighted by atomic mass is 35.5. The molecule has 11 heteroatoms. The first-order valence-electron chi connectivity index (χ1n) is 13.1. The van der Waals surface area contributed by atoms with E-state index in [9.17, 15) is 15.2 Å². The molecular weight excluding hydrogens is 525 g/mol. The molecule has 200 valence electrons. The van der Waals surface area contributed by atoms with E-state index in [-0.39, 0.29) is 24.1 Å². The molecule has 1 N–H and O–H groups in total. The SMILES string of the molecule is CC1CN(c2cnc3c(C#N)nn(C(C)c4ccc(Cl)cc4Cl)c3n2)CCC1N1CCCC(CC(=O)O)C1. The first-order valence-corrected chi connectivity index (χ1v) is 13.8. The molecule has 2 saturated heterocycles. The predicted molar refractivity (Wildman–Crippen MR) is 147 cm³/mol. The van der Waals surface area contributed by atoms with Gasteiger partial charge in [-0.3, -0.25) is 9.69 Å². The summed E-state index contributed by atoms with van der Waals surface area (Å²) in [5.74, 6) is 0.659. The second-order valence-electron chi connectivity index (χ2n) is 10.5. The Morgan fingerprint density at radius 1 is 1.26 bits per heavy atom. The van der Waals surface area contributed by atoms with Crippen LogP contribution in [0.15, 0.2) is 24.4 Å². The maximum absolute atomic E-state index is 11.2. The Kier molecular flexibility index (Phi) is 7.75. The topological polar surface area (TPSA) is 111 Å². The average molecular weight is 556 g/mol. The first-order chi connectivity index (χ1) is 18.2. The zero-order valence-corrected chi connectivity index (χ0v) is 23.0. The summed E-state index contributed by atoms with van der Waals surface area (Å²) in [6.45, 7) is 7.75. The lowest BCUT2D eigenvalue weighted by Gasteiger charge is -2.45. The molecule has 2 aliphatic rings. The van der Waals surface area contributed by atoms with Gasteiger partial charge >= 0.3 is 5.97 Å². The normalized spacial score (nSPS) is 23.3. The number of aromatic nitrogens is 4. The van der Waals surface area contributed by atoms with E-state index >= 15 is 0 Å². The number of carboxylic acids is 1. The van der Waals surface area contributed by atoms with Gasteiger partial charge in [0.1, 0.15) is 17.4 Å². The highest BCUT2D eigenvalue weighted by Crippen LogP contribution is 2.33. The molecule has 2 fully saturated rings. The Bertz CT molecular complexity index is 1390. The summed E-state index contributed by atoms with van der Waals surface area (Å²) in [5, 5.41) is 24.5. The lowest BCUT2D eigenvalue weighted by Crippen LogP contribution is -2.53. The van der Waals surface area contributed by atoms with Crippen molar-refractivity contribution in [2.45, 2.75) is 51.6 Å². The summed E-state index contributed by atoms with van der Waals surface area (Å²) in [5.41, 5.74) is 2.06. The molecule has 0 aliphatic carbocycles.